The molecule has 1 aliphatic carbocycles. The molecule has 0 amide bonds. The number of alkyl halides is 3. The van der Waals surface area contributed by atoms with Crippen molar-refractivity contribution in [3.05, 3.63) is 44.5 Å². The summed E-state index contributed by atoms with van der Waals surface area (Å²) in [5.41, 5.74) is 0.566. The highest BCUT2D eigenvalue weighted by Crippen LogP contribution is 2.45. The zero-order chi connectivity index (χ0) is 23.1. The molecule has 0 saturated heterocycles. The second-order valence-electron chi connectivity index (χ2n) is 8.26. The highest BCUT2D eigenvalue weighted by molar-refractivity contribution is 7.98. The van der Waals surface area contributed by atoms with E-state index >= 15 is 0 Å². The minimum atomic E-state index is -4.51. The quantitative estimate of drug-likeness (QED) is 0.376. The fourth-order valence-corrected chi connectivity index (χ4v) is 5.08. The van der Waals surface area contributed by atoms with Gasteiger partial charge in [0.05, 0.1) is 17.0 Å². The highest BCUT2D eigenvalue weighted by atomic mass is 32.2. The first-order valence-corrected chi connectivity index (χ1v) is 12.8. The molecule has 3 atom stereocenters. The summed E-state index contributed by atoms with van der Waals surface area (Å²) in [4.78, 5) is 24.5. The number of halogens is 3. The van der Waals surface area contributed by atoms with E-state index in [4.69, 9.17) is 0 Å². The Labute approximate surface area is 186 Å². The van der Waals surface area contributed by atoms with Crippen LogP contribution in [0.5, 0.6) is 0 Å². The molecule has 1 aliphatic rings. The number of hydrogen-bond donors (Lipinski definition) is 1. The first-order valence-electron chi connectivity index (χ1n) is 10.1. The van der Waals surface area contributed by atoms with Gasteiger partial charge >= 0.3 is 6.18 Å². The SMILES string of the molecule is CPN(C)c1cc(C)c(C(F)(F)F)c(C2Cc3nc(SC)[nH]c(=O)c3CC2C(C)C)n1. The smallest absolute Gasteiger partial charge is 0.342 e. The standard InChI is InChI=1S/C21H28F3N4OPS/c1-10(2)12-8-14-15(25-20(31-6)27-19(14)29)9-13(12)18-17(21(22,23)24)11(3)7-16(26-18)28(4)30-5/h7,10,12-13,30H,8-9H2,1-6H3,(H,25,27,29). The van der Waals surface area contributed by atoms with Crippen LogP contribution in [0, 0.1) is 18.8 Å². The second kappa shape index (κ2) is 9.10. The zero-order valence-corrected chi connectivity index (χ0v) is 20.3. The molecular weight excluding hydrogens is 444 g/mol. The number of aromatic amines is 1. The largest absolute Gasteiger partial charge is 0.418 e. The maximum atomic E-state index is 14.2. The van der Waals surface area contributed by atoms with Crippen LogP contribution < -0.4 is 10.2 Å². The van der Waals surface area contributed by atoms with Gasteiger partial charge in [-0.1, -0.05) is 25.6 Å². The lowest BCUT2D eigenvalue weighted by Gasteiger charge is -2.36. The Bertz CT molecular complexity index is 1020. The summed E-state index contributed by atoms with van der Waals surface area (Å²) in [6.45, 7) is 7.44. The molecule has 1 N–H and O–H groups in total. The molecule has 0 aromatic carbocycles. The Balaban J connectivity index is 2.24. The number of anilines is 1. The van der Waals surface area contributed by atoms with Crippen LogP contribution in [0.3, 0.4) is 0 Å². The van der Waals surface area contributed by atoms with E-state index in [1.54, 1.807) is 6.26 Å². The molecule has 0 radical (unpaired) electrons. The van der Waals surface area contributed by atoms with Crippen LogP contribution in [0.25, 0.3) is 0 Å². The summed E-state index contributed by atoms with van der Waals surface area (Å²) in [6.07, 6.45) is -2.04. The van der Waals surface area contributed by atoms with Crippen LogP contribution in [0.2, 0.25) is 0 Å². The van der Waals surface area contributed by atoms with Gasteiger partial charge in [0.15, 0.2) is 5.16 Å². The summed E-state index contributed by atoms with van der Waals surface area (Å²) in [6, 6.07) is 1.51. The second-order valence-corrected chi connectivity index (χ2v) is 10.2. The number of fused-ring (bicyclic) bond motifs is 1. The Morgan fingerprint density at radius 2 is 1.97 bits per heavy atom. The van der Waals surface area contributed by atoms with Gasteiger partial charge in [-0.05, 0) is 64.9 Å². The third kappa shape index (κ3) is 4.77. The topological polar surface area (TPSA) is 61.9 Å². The molecule has 3 rings (SSSR count). The van der Waals surface area contributed by atoms with Crippen LogP contribution in [0.15, 0.2) is 16.0 Å². The van der Waals surface area contributed by atoms with Crippen molar-refractivity contribution in [2.45, 2.75) is 50.9 Å². The van der Waals surface area contributed by atoms with Gasteiger partial charge in [0.2, 0.25) is 0 Å². The average Bonchev–Trinajstić information content (AvgIpc) is 2.70. The minimum absolute atomic E-state index is 0.0738. The Hall–Kier alpha value is -1.60. The van der Waals surface area contributed by atoms with Gasteiger partial charge in [-0.3, -0.25) is 4.79 Å². The lowest BCUT2D eigenvalue weighted by molar-refractivity contribution is -0.139. The van der Waals surface area contributed by atoms with E-state index in [-0.39, 0.29) is 35.1 Å². The number of aryl methyl sites for hydroxylation is 1. The first-order chi connectivity index (χ1) is 14.5. The van der Waals surface area contributed by atoms with Crippen molar-refractivity contribution in [2.75, 3.05) is 24.6 Å². The molecule has 5 nitrogen and oxygen atoms in total. The summed E-state index contributed by atoms with van der Waals surface area (Å²) < 4.78 is 44.3. The lowest BCUT2D eigenvalue weighted by atomic mass is 9.70. The van der Waals surface area contributed by atoms with Gasteiger partial charge in [-0.15, -0.1) is 0 Å². The number of H-pyrrole nitrogens is 1. The molecule has 0 aliphatic heterocycles. The zero-order valence-electron chi connectivity index (χ0n) is 18.5. The fraction of sp³-hybridized carbons (Fsp3) is 0.571. The van der Waals surface area contributed by atoms with Gasteiger partial charge in [0.1, 0.15) is 5.82 Å². The number of hydrogen-bond acceptors (Lipinski definition) is 5. The third-order valence-corrected chi connectivity index (χ3v) is 7.52. The average molecular weight is 473 g/mol. The summed E-state index contributed by atoms with van der Waals surface area (Å²) in [7, 11) is 2.21. The van der Waals surface area contributed by atoms with Crippen molar-refractivity contribution in [1.82, 2.24) is 15.0 Å². The molecule has 0 spiro atoms. The summed E-state index contributed by atoms with van der Waals surface area (Å²) >= 11 is 1.31. The first kappa shape index (κ1) is 24.1. The van der Waals surface area contributed by atoms with E-state index in [9.17, 15) is 18.0 Å². The van der Waals surface area contributed by atoms with Gasteiger partial charge in [0.25, 0.3) is 5.56 Å². The van der Waals surface area contributed by atoms with Crippen molar-refractivity contribution in [3.8, 4) is 0 Å². The summed E-state index contributed by atoms with van der Waals surface area (Å²) in [5.74, 6) is 0.00208. The van der Waals surface area contributed by atoms with E-state index in [2.05, 4.69) is 15.0 Å². The maximum Gasteiger partial charge on any atom is 0.418 e. The molecule has 0 fully saturated rings. The molecule has 170 valence electrons. The van der Waals surface area contributed by atoms with Crippen LogP contribution >= 0.6 is 20.5 Å². The molecule has 31 heavy (non-hydrogen) atoms. The molecule has 10 heteroatoms. The maximum absolute atomic E-state index is 14.2. The molecule has 2 aromatic rings. The van der Waals surface area contributed by atoms with Gasteiger partial charge in [0, 0.05) is 18.5 Å². The normalized spacial score (nSPS) is 19.3. The lowest BCUT2D eigenvalue weighted by Crippen LogP contribution is -2.35. The molecular formula is C21H28F3N4OPS. The van der Waals surface area contributed by atoms with Crippen LogP contribution in [0.1, 0.15) is 47.8 Å². The van der Waals surface area contributed by atoms with Crippen LogP contribution in [-0.2, 0) is 19.0 Å². The number of aromatic nitrogens is 3. The van der Waals surface area contributed by atoms with Crippen LogP contribution in [0.4, 0.5) is 19.0 Å². The molecule has 0 bridgehead atoms. The van der Waals surface area contributed by atoms with Gasteiger partial charge in [-0.25, -0.2) is 9.97 Å². The Morgan fingerprint density at radius 3 is 2.52 bits per heavy atom. The predicted octanol–water partition coefficient (Wildman–Crippen LogP) is 5.03. The predicted molar refractivity (Wildman–Crippen MR) is 122 cm³/mol. The van der Waals surface area contributed by atoms with Crippen molar-refractivity contribution >= 4 is 26.3 Å². The molecule has 3 unspecified atom stereocenters. The fourth-order valence-electron chi connectivity index (χ4n) is 4.34. The third-order valence-electron chi connectivity index (χ3n) is 6.04. The van der Waals surface area contributed by atoms with E-state index < -0.39 is 17.7 Å². The van der Waals surface area contributed by atoms with E-state index in [1.165, 1.54) is 24.8 Å². The number of nitrogens with zero attached hydrogens (tertiary/aromatic N) is 3. The van der Waals surface area contributed by atoms with E-state index in [1.807, 2.05) is 32.2 Å². The summed E-state index contributed by atoms with van der Waals surface area (Å²) in [5, 5.41) is 0.478. The Morgan fingerprint density at radius 1 is 1.29 bits per heavy atom. The molecule has 2 heterocycles. The minimum Gasteiger partial charge on any atom is -0.342 e. The van der Waals surface area contributed by atoms with E-state index in [0.29, 0.717) is 37.4 Å². The highest BCUT2D eigenvalue weighted by Gasteiger charge is 2.43. The van der Waals surface area contributed by atoms with Crippen molar-refractivity contribution in [3.63, 3.8) is 0 Å². The van der Waals surface area contributed by atoms with Gasteiger partial charge < -0.3 is 9.65 Å². The van der Waals surface area contributed by atoms with Crippen molar-refractivity contribution in [2.24, 2.45) is 11.8 Å². The van der Waals surface area contributed by atoms with Crippen molar-refractivity contribution in [1.29, 1.82) is 0 Å². The molecule has 0 saturated carbocycles. The van der Waals surface area contributed by atoms with E-state index in [0.717, 1.165) is 0 Å². The van der Waals surface area contributed by atoms with Gasteiger partial charge in [-0.2, -0.15) is 13.2 Å². The van der Waals surface area contributed by atoms with Crippen LogP contribution in [-0.4, -0.2) is 34.9 Å². The number of rotatable bonds is 5. The Kier molecular flexibility index (Phi) is 7.06. The number of nitrogens with one attached hydrogen (secondary N) is 1. The number of thioether (sulfide) groups is 1. The monoisotopic (exact) mass is 472 g/mol. The number of pyridine rings is 1. The van der Waals surface area contributed by atoms with Crippen molar-refractivity contribution < 1.29 is 13.2 Å². The molecule has 2 aromatic heterocycles.